The zero-order chi connectivity index (χ0) is 19.7. The molecule has 0 saturated carbocycles. The van der Waals surface area contributed by atoms with Gasteiger partial charge in [0.05, 0.1) is 18.1 Å². The number of carbonyl (C=O) groups is 1. The number of hydrogen-bond acceptors (Lipinski definition) is 4. The van der Waals surface area contributed by atoms with Crippen LogP contribution in [0.5, 0.6) is 0 Å². The predicted octanol–water partition coefficient (Wildman–Crippen LogP) is 3.98. The summed E-state index contributed by atoms with van der Waals surface area (Å²) in [5.41, 5.74) is 4.95. The Kier molecular flexibility index (Phi) is 5.33. The first-order chi connectivity index (χ1) is 13.5. The molecule has 0 atom stereocenters. The molecule has 1 amide bonds. The Morgan fingerprint density at radius 3 is 2.71 bits per heavy atom. The van der Waals surface area contributed by atoms with Crippen LogP contribution in [0, 0.1) is 13.8 Å². The molecule has 2 heterocycles. The maximum Gasteiger partial charge on any atom is 0.238 e. The highest BCUT2D eigenvalue weighted by atomic mass is 35.5. The largest absolute Gasteiger partial charge is 0.325 e. The van der Waals surface area contributed by atoms with E-state index >= 15 is 0 Å². The quantitative estimate of drug-likeness (QED) is 0.723. The summed E-state index contributed by atoms with van der Waals surface area (Å²) in [7, 11) is 0. The van der Waals surface area contributed by atoms with Crippen molar-refractivity contribution in [3.63, 3.8) is 0 Å². The number of hydrogen-bond donors (Lipinski definition) is 1. The summed E-state index contributed by atoms with van der Waals surface area (Å²) in [6, 6.07) is 12.2. The number of likely N-dealkylation sites (tertiary alicyclic amines) is 1. The molecule has 2 aromatic carbocycles. The monoisotopic (exact) mass is 397 g/mol. The molecule has 1 N–H and O–H groups in total. The minimum Gasteiger partial charge on any atom is -0.325 e. The van der Waals surface area contributed by atoms with Gasteiger partial charge in [-0.25, -0.2) is 4.68 Å². The molecule has 28 heavy (non-hydrogen) atoms. The Bertz CT molecular complexity index is 1010. The van der Waals surface area contributed by atoms with Gasteiger partial charge in [-0.1, -0.05) is 28.9 Å². The Balaban J connectivity index is 1.33. The van der Waals surface area contributed by atoms with Crippen LogP contribution < -0.4 is 5.32 Å². The van der Waals surface area contributed by atoms with Crippen LogP contribution in [-0.4, -0.2) is 45.4 Å². The van der Waals surface area contributed by atoms with Crippen LogP contribution in [-0.2, 0) is 4.79 Å². The molecule has 0 spiro atoms. The predicted molar refractivity (Wildman–Crippen MR) is 112 cm³/mol. The molecule has 1 saturated heterocycles. The van der Waals surface area contributed by atoms with E-state index in [0.717, 1.165) is 48.2 Å². The maximum atomic E-state index is 12.4. The van der Waals surface area contributed by atoms with E-state index < -0.39 is 0 Å². The SMILES string of the molecule is Cc1ccc2c(c1)nnn2C1CCN(CC(=O)Nc2ccc(C)c(Cl)c2)CC1. The molecule has 0 radical (unpaired) electrons. The van der Waals surface area contributed by atoms with E-state index in [-0.39, 0.29) is 5.91 Å². The van der Waals surface area contributed by atoms with E-state index in [9.17, 15) is 4.79 Å². The van der Waals surface area contributed by atoms with Crippen molar-refractivity contribution in [1.29, 1.82) is 0 Å². The topological polar surface area (TPSA) is 63.1 Å². The van der Waals surface area contributed by atoms with Gasteiger partial charge < -0.3 is 5.32 Å². The highest BCUT2D eigenvalue weighted by Gasteiger charge is 2.24. The van der Waals surface area contributed by atoms with E-state index in [1.54, 1.807) is 6.07 Å². The molecule has 0 aliphatic carbocycles. The first-order valence-electron chi connectivity index (χ1n) is 9.59. The lowest BCUT2D eigenvalue weighted by Gasteiger charge is -2.31. The van der Waals surface area contributed by atoms with Crippen LogP contribution in [0.15, 0.2) is 36.4 Å². The molecule has 1 aliphatic heterocycles. The van der Waals surface area contributed by atoms with Crippen LogP contribution in [0.3, 0.4) is 0 Å². The fraction of sp³-hybridized carbons (Fsp3) is 0.381. The maximum absolute atomic E-state index is 12.4. The van der Waals surface area contributed by atoms with E-state index in [2.05, 4.69) is 45.7 Å². The first-order valence-corrected chi connectivity index (χ1v) is 9.97. The molecular weight excluding hydrogens is 374 g/mol. The summed E-state index contributed by atoms with van der Waals surface area (Å²) in [6.07, 6.45) is 1.91. The lowest BCUT2D eigenvalue weighted by Crippen LogP contribution is -2.39. The number of benzene rings is 2. The summed E-state index contributed by atoms with van der Waals surface area (Å²) in [4.78, 5) is 14.6. The minimum atomic E-state index is -0.0138. The van der Waals surface area contributed by atoms with Gasteiger partial charge >= 0.3 is 0 Å². The summed E-state index contributed by atoms with van der Waals surface area (Å²) < 4.78 is 2.04. The van der Waals surface area contributed by atoms with Crippen molar-refractivity contribution in [2.45, 2.75) is 32.7 Å². The summed E-state index contributed by atoms with van der Waals surface area (Å²) in [5, 5.41) is 12.3. The van der Waals surface area contributed by atoms with Gasteiger partial charge in [-0.2, -0.15) is 0 Å². The van der Waals surface area contributed by atoms with E-state index in [1.165, 1.54) is 5.56 Å². The van der Waals surface area contributed by atoms with Gasteiger partial charge in [0.2, 0.25) is 5.91 Å². The van der Waals surface area contributed by atoms with Crippen LogP contribution in [0.2, 0.25) is 5.02 Å². The van der Waals surface area contributed by atoms with Crippen LogP contribution in [0.25, 0.3) is 11.0 Å². The fourth-order valence-electron chi connectivity index (χ4n) is 3.72. The molecular formula is C21H24ClN5O. The number of rotatable bonds is 4. The van der Waals surface area contributed by atoms with Crippen molar-refractivity contribution < 1.29 is 4.79 Å². The minimum absolute atomic E-state index is 0.0138. The summed E-state index contributed by atoms with van der Waals surface area (Å²) in [5.74, 6) is -0.0138. The Morgan fingerprint density at radius 2 is 1.96 bits per heavy atom. The third kappa shape index (κ3) is 4.03. The Labute approximate surface area is 169 Å². The number of nitrogens with zero attached hydrogens (tertiary/aromatic N) is 4. The van der Waals surface area contributed by atoms with Crippen molar-refractivity contribution in [2.24, 2.45) is 0 Å². The molecule has 0 bridgehead atoms. The molecule has 3 aromatic rings. The zero-order valence-electron chi connectivity index (χ0n) is 16.2. The third-order valence-electron chi connectivity index (χ3n) is 5.35. The Morgan fingerprint density at radius 1 is 1.18 bits per heavy atom. The smallest absolute Gasteiger partial charge is 0.238 e. The lowest BCUT2D eigenvalue weighted by atomic mass is 10.0. The molecule has 1 aliphatic rings. The number of amides is 1. The molecule has 1 fully saturated rings. The summed E-state index contributed by atoms with van der Waals surface area (Å²) in [6.45, 7) is 6.11. The number of anilines is 1. The van der Waals surface area contributed by atoms with Gasteiger partial charge in [-0.05, 0) is 62.1 Å². The zero-order valence-corrected chi connectivity index (χ0v) is 16.9. The van der Waals surface area contributed by atoms with E-state index in [1.807, 2.05) is 23.7 Å². The normalized spacial score (nSPS) is 15.8. The van der Waals surface area contributed by atoms with E-state index in [0.29, 0.717) is 17.6 Å². The standard InChI is InChI=1S/C21H24ClN5O/c1-14-3-6-20-19(11-14)24-25-27(20)17-7-9-26(10-8-17)13-21(28)23-16-5-4-15(2)18(22)12-16/h3-6,11-12,17H,7-10,13H2,1-2H3,(H,23,28). The summed E-state index contributed by atoms with van der Waals surface area (Å²) >= 11 is 6.13. The Hall–Kier alpha value is -2.44. The second kappa shape index (κ2) is 7.89. The van der Waals surface area contributed by atoms with Gasteiger partial charge in [-0.15, -0.1) is 5.10 Å². The number of carbonyl (C=O) groups excluding carboxylic acids is 1. The molecule has 7 heteroatoms. The highest BCUT2D eigenvalue weighted by Crippen LogP contribution is 2.26. The van der Waals surface area contributed by atoms with Crippen molar-refractivity contribution in [3.8, 4) is 0 Å². The van der Waals surface area contributed by atoms with Crippen LogP contribution in [0.4, 0.5) is 5.69 Å². The van der Waals surface area contributed by atoms with Gasteiger partial charge in [-0.3, -0.25) is 9.69 Å². The molecule has 0 unspecified atom stereocenters. The lowest BCUT2D eigenvalue weighted by molar-refractivity contribution is -0.117. The van der Waals surface area contributed by atoms with Crippen molar-refractivity contribution in [1.82, 2.24) is 19.9 Å². The average molecular weight is 398 g/mol. The second-order valence-electron chi connectivity index (χ2n) is 7.55. The third-order valence-corrected chi connectivity index (χ3v) is 5.76. The van der Waals surface area contributed by atoms with Gasteiger partial charge in [0.25, 0.3) is 0 Å². The van der Waals surface area contributed by atoms with E-state index in [4.69, 9.17) is 11.6 Å². The molecule has 1 aromatic heterocycles. The number of piperidine rings is 1. The van der Waals surface area contributed by atoms with Gasteiger partial charge in [0, 0.05) is 23.8 Å². The highest BCUT2D eigenvalue weighted by molar-refractivity contribution is 6.31. The molecule has 4 rings (SSSR count). The fourth-order valence-corrected chi connectivity index (χ4v) is 3.90. The second-order valence-corrected chi connectivity index (χ2v) is 7.95. The van der Waals surface area contributed by atoms with Gasteiger partial charge in [0.1, 0.15) is 5.52 Å². The van der Waals surface area contributed by atoms with Crippen molar-refractivity contribution in [2.75, 3.05) is 25.0 Å². The van der Waals surface area contributed by atoms with Crippen LogP contribution >= 0.6 is 11.6 Å². The van der Waals surface area contributed by atoms with Gasteiger partial charge in [0.15, 0.2) is 0 Å². The average Bonchev–Trinajstić information content (AvgIpc) is 3.08. The molecule has 146 valence electrons. The van der Waals surface area contributed by atoms with Crippen molar-refractivity contribution >= 4 is 34.2 Å². The van der Waals surface area contributed by atoms with Crippen LogP contribution in [0.1, 0.15) is 30.0 Å². The number of aryl methyl sites for hydroxylation is 2. The number of aromatic nitrogens is 3. The van der Waals surface area contributed by atoms with Crippen molar-refractivity contribution in [3.05, 3.63) is 52.5 Å². The first kappa shape index (κ1) is 18.9. The number of fused-ring (bicyclic) bond motifs is 1. The molecule has 6 nitrogen and oxygen atoms in total. The number of nitrogens with one attached hydrogen (secondary N) is 1. The number of halogens is 1.